The first kappa shape index (κ1) is 22.4. The number of benzene rings is 1. The van der Waals surface area contributed by atoms with Crippen molar-refractivity contribution in [2.45, 2.75) is 48.0 Å². The van der Waals surface area contributed by atoms with E-state index < -0.39 is 15.6 Å². The lowest BCUT2D eigenvalue weighted by Gasteiger charge is -2.28. The predicted octanol–water partition coefficient (Wildman–Crippen LogP) is 2.30. The maximum atomic E-state index is 12.7. The highest BCUT2D eigenvalue weighted by molar-refractivity contribution is 7.90. The Kier molecular flexibility index (Phi) is 6.62. The Labute approximate surface area is 168 Å². The van der Waals surface area contributed by atoms with Gasteiger partial charge in [-0.3, -0.25) is 9.52 Å². The van der Waals surface area contributed by atoms with E-state index in [4.69, 9.17) is 9.88 Å². The topological polar surface area (TPSA) is 114 Å². The standard InChI is InChI=1S/C19H32N4O4S/c1-7-27-11-10-23-9-8-14-12(2)15(22-28(20,25)26)13(3)16(17(14)23)21-18(24)19(4,5)6/h22H,7-11H2,1-6H3,(H,21,24)(H2,20,25,26). The molecule has 158 valence electrons. The van der Waals surface area contributed by atoms with Crippen LogP contribution in [0.4, 0.5) is 17.1 Å². The van der Waals surface area contributed by atoms with Crippen LogP contribution in [0.25, 0.3) is 0 Å². The summed E-state index contributed by atoms with van der Waals surface area (Å²) >= 11 is 0. The number of ether oxygens (including phenoxy) is 1. The zero-order valence-electron chi connectivity index (χ0n) is 17.6. The van der Waals surface area contributed by atoms with E-state index in [1.54, 1.807) is 6.92 Å². The van der Waals surface area contributed by atoms with Crippen LogP contribution in [0.3, 0.4) is 0 Å². The second kappa shape index (κ2) is 8.26. The molecule has 1 heterocycles. The van der Waals surface area contributed by atoms with Gasteiger partial charge in [0, 0.05) is 25.1 Å². The molecule has 0 unspecified atom stereocenters. The summed E-state index contributed by atoms with van der Waals surface area (Å²) in [6.07, 6.45) is 0.755. The van der Waals surface area contributed by atoms with Gasteiger partial charge in [0.2, 0.25) is 5.91 Å². The van der Waals surface area contributed by atoms with Crippen molar-refractivity contribution in [2.24, 2.45) is 10.6 Å². The zero-order chi connectivity index (χ0) is 21.3. The minimum Gasteiger partial charge on any atom is -0.380 e. The Morgan fingerprint density at radius 1 is 1.21 bits per heavy atom. The summed E-state index contributed by atoms with van der Waals surface area (Å²) in [6, 6.07) is 0. The van der Waals surface area contributed by atoms with Crippen molar-refractivity contribution >= 4 is 33.2 Å². The molecule has 0 aliphatic carbocycles. The van der Waals surface area contributed by atoms with Crippen LogP contribution in [0.2, 0.25) is 0 Å². The molecule has 1 aliphatic rings. The van der Waals surface area contributed by atoms with Gasteiger partial charge in [0.05, 0.1) is 23.7 Å². The second-order valence-electron chi connectivity index (χ2n) is 8.11. The van der Waals surface area contributed by atoms with Crippen LogP contribution in [0.5, 0.6) is 0 Å². The summed E-state index contributed by atoms with van der Waals surface area (Å²) in [5.74, 6) is -0.139. The van der Waals surface area contributed by atoms with Crippen LogP contribution in [-0.2, 0) is 26.2 Å². The number of anilines is 3. The van der Waals surface area contributed by atoms with Crippen molar-refractivity contribution < 1.29 is 17.9 Å². The van der Waals surface area contributed by atoms with Crippen molar-refractivity contribution in [3.8, 4) is 0 Å². The monoisotopic (exact) mass is 412 g/mol. The molecule has 0 fully saturated rings. The molecule has 1 aliphatic heterocycles. The van der Waals surface area contributed by atoms with Crippen molar-refractivity contribution in [1.29, 1.82) is 0 Å². The first-order chi connectivity index (χ1) is 12.9. The summed E-state index contributed by atoms with van der Waals surface area (Å²) in [6.45, 7) is 13.8. The summed E-state index contributed by atoms with van der Waals surface area (Å²) < 4.78 is 31.3. The van der Waals surface area contributed by atoms with Crippen LogP contribution in [0, 0.1) is 19.3 Å². The van der Waals surface area contributed by atoms with E-state index in [0.29, 0.717) is 36.7 Å². The predicted molar refractivity (Wildman–Crippen MR) is 113 cm³/mol. The molecule has 1 amide bonds. The fraction of sp³-hybridized carbons (Fsp3) is 0.632. The lowest BCUT2D eigenvalue weighted by molar-refractivity contribution is -0.123. The molecule has 0 radical (unpaired) electrons. The van der Waals surface area contributed by atoms with E-state index in [0.717, 1.165) is 29.8 Å². The Balaban J connectivity index is 2.59. The SMILES string of the molecule is CCOCCN1CCc2c(C)c(NS(N)(=O)=O)c(C)c(NC(=O)C(C)(C)C)c21. The highest BCUT2D eigenvalue weighted by Crippen LogP contribution is 2.45. The molecule has 0 atom stereocenters. The third-order valence-electron chi connectivity index (χ3n) is 4.92. The Morgan fingerprint density at radius 3 is 2.39 bits per heavy atom. The molecule has 9 heteroatoms. The van der Waals surface area contributed by atoms with Crippen molar-refractivity contribution in [3.63, 3.8) is 0 Å². The molecule has 28 heavy (non-hydrogen) atoms. The number of hydrogen-bond donors (Lipinski definition) is 3. The average molecular weight is 413 g/mol. The molecule has 4 N–H and O–H groups in total. The fourth-order valence-electron chi connectivity index (χ4n) is 3.37. The zero-order valence-corrected chi connectivity index (χ0v) is 18.4. The van der Waals surface area contributed by atoms with Gasteiger partial charge < -0.3 is 15.0 Å². The number of fused-ring (bicyclic) bond motifs is 1. The van der Waals surface area contributed by atoms with Gasteiger partial charge in [-0.05, 0) is 43.9 Å². The van der Waals surface area contributed by atoms with E-state index in [2.05, 4.69) is 14.9 Å². The van der Waals surface area contributed by atoms with E-state index >= 15 is 0 Å². The number of amides is 1. The summed E-state index contributed by atoms with van der Waals surface area (Å²) in [4.78, 5) is 14.9. The summed E-state index contributed by atoms with van der Waals surface area (Å²) in [7, 11) is -3.94. The van der Waals surface area contributed by atoms with E-state index in [9.17, 15) is 13.2 Å². The smallest absolute Gasteiger partial charge is 0.296 e. The molecule has 2 rings (SSSR count). The van der Waals surface area contributed by atoms with E-state index in [-0.39, 0.29) is 5.91 Å². The van der Waals surface area contributed by atoms with Gasteiger partial charge in [-0.25, -0.2) is 5.14 Å². The number of rotatable bonds is 7. The molecular weight excluding hydrogens is 380 g/mol. The van der Waals surface area contributed by atoms with Gasteiger partial charge in [0.25, 0.3) is 10.2 Å². The number of nitrogens with one attached hydrogen (secondary N) is 2. The minimum atomic E-state index is -3.94. The largest absolute Gasteiger partial charge is 0.380 e. The third kappa shape index (κ3) is 4.95. The Morgan fingerprint density at radius 2 is 1.86 bits per heavy atom. The lowest BCUT2D eigenvalue weighted by atomic mass is 9.94. The minimum absolute atomic E-state index is 0.139. The number of nitrogens with two attached hydrogens (primary N) is 1. The van der Waals surface area contributed by atoms with Crippen molar-refractivity contribution in [1.82, 2.24) is 0 Å². The number of carbonyl (C=O) groups is 1. The van der Waals surface area contributed by atoms with Gasteiger partial charge in [0.15, 0.2) is 0 Å². The molecule has 8 nitrogen and oxygen atoms in total. The number of nitrogens with zero attached hydrogens (tertiary/aromatic N) is 1. The van der Waals surface area contributed by atoms with Crippen LogP contribution in [-0.4, -0.2) is 40.6 Å². The van der Waals surface area contributed by atoms with Crippen LogP contribution < -0.4 is 20.1 Å². The molecule has 0 spiro atoms. The van der Waals surface area contributed by atoms with Gasteiger partial charge in [-0.1, -0.05) is 20.8 Å². The summed E-state index contributed by atoms with van der Waals surface area (Å²) in [5.41, 5.74) is 3.88. The van der Waals surface area contributed by atoms with Crippen molar-refractivity contribution in [2.75, 3.05) is 41.2 Å². The van der Waals surface area contributed by atoms with Crippen LogP contribution in [0.1, 0.15) is 44.4 Å². The van der Waals surface area contributed by atoms with Gasteiger partial charge in [0.1, 0.15) is 0 Å². The number of carbonyl (C=O) groups excluding carboxylic acids is 1. The normalized spacial score (nSPS) is 14.2. The second-order valence-corrected chi connectivity index (χ2v) is 9.41. The lowest BCUT2D eigenvalue weighted by Crippen LogP contribution is -2.31. The fourth-order valence-corrected chi connectivity index (χ4v) is 3.96. The Bertz CT molecular complexity index is 860. The average Bonchev–Trinajstić information content (AvgIpc) is 2.97. The van der Waals surface area contributed by atoms with E-state index in [1.165, 1.54) is 0 Å². The molecular formula is C19H32N4O4S. The first-order valence-electron chi connectivity index (χ1n) is 9.47. The van der Waals surface area contributed by atoms with Gasteiger partial charge >= 0.3 is 0 Å². The number of hydrogen-bond acceptors (Lipinski definition) is 5. The first-order valence-corrected chi connectivity index (χ1v) is 11.0. The Hall–Kier alpha value is -1.84. The molecule has 1 aromatic carbocycles. The maximum Gasteiger partial charge on any atom is 0.296 e. The summed E-state index contributed by atoms with van der Waals surface area (Å²) in [5, 5.41) is 8.25. The molecule has 0 saturated heterocycles. The third-order valence-corrected chi connectivity index (χ3v) is 5.41. The molecule has 0 saturated carbocycles. The van der Waals surface area contributed by atoms with Gasteiger partial charge in [-0.15, -0.1) is 0 Å². The molecule has 1 aromatic rings. The van der Waals surface area contributed by atoms with Gasteiger partial charge in [-0.2, -0.15) is 8.42 Å². The molecule has 0 aromatic heterocycles. The van der Waals surface area contributed by atoms with Crippen LogP contribution in [0.15, 0.2) is 0 Å². The highest BCUT2D eigenvalue weighted by Gasteiger charge is 2.31. The van der Waals surface area contributed by atoms with E-state index in [1.807, 2.05) is 34.6 Å². The van der Waals surface area contributed by atoms with Crippen LogP contribution >= 0.6 is 0 Å². The molecule has 0 bridgehead atoms. The quantitative estimate of drug-likeness (QED) is 0.595. The highest BCUT2D eigenvalue weighted by atomic mass is 32.2. The van der Waals surface area contributed by atoms with Crippen molar-refractivity contribution in [3.05, 3.63) is 16.7 Å². The maximum absolute atomic E-state index is 12.7.